The van der Waals surface area contributed by atoms with Crippen LogP contribution < -0.4 is 10.1 Å². The number of benzene rings is 1. The van der Waals surface area contributed by atoms with E-state index in [2.05, 4.69) is 0 Å². The molecule has 0 N–H and O–H groups in total. The van der Waals surface area contributed by atoms with Gasteiger partial charge in [0.05, 0.1) is 6.10 Å². The lowest BCUT2D eigenvalue weighted by Crippen LogP contribution is -2.25. The monoisotopic (exact) mass is 338 g/mol. The first kappa shape index (κ1) is 17.8. The van der Waals surface area contributed by atoms with Gasteiger partial charge < -0.3 is 8.94 Å². The first-order valence-electron chi connectivity index (χ1n) is 7.48. The van der Waals surface area contributed by atoms with Gasteiger partial charge in [0.25, 0.3) is 0 Å². The maximum atomic E-state index is 12.6. The van der Waals surface area contributed by atoms with Gasteiger partial charge in [0, 0.05) is 24.2 Å². The van der Waals surface area contributed by atoms with Gasteiger partial charge >= 0.3 is 13.2 Å². The average molecular weight is 338 g/mol. The summed E-state index contributed by atoms with van der Waals surface area (Å²) in [5.41, 5.74) is 0.642. The Morgan fingerprint density at radius 1 is 1.22 bits per heavy atom. The van der Waals surface area contributed by atoms with Crippen molar-refractivity contribution >= 4 is 18.6 Å². The highest BCUT2D eigenvalue weighted by Crippen LogP contribution is 2.48. The molecule has 0 aliphatic heterocycles. The number of hydrogen-bond acceptors (Lipinski definition) is 5. The van der Waals surface area contributed by atoms with Crippen LogP contribution in [0.5, 0.6) is 5.75 Å². The van der Waals surface area contributed by atoms with Crippen LogP contribution in [0.25, 0.3) is 11.0 Å². The van der Waals surface area contributed by atoms with Gasteiger partial charge in [-0.15, -0.1) is 0 Å². The molecule has 1 aromatic carbocycles. The number of hydrogen-bond donors (Lipinski definition) is 0. The van der Waals surface area contributed by atoms with Crippen molar-refractivity contribution in [2.24, 2.45) is 5.41 Å². The third kappa shape index (κ3) is 4.46. The number of aryl methyl sites for hydroxylation is 1. The largest absolute Gasteiger partial charge is 0.424 e. The van der Waals surface area contributed by atoms with Crippen LogP contribution in [0.1, 0.15) is 33.3 Å². The quantitative estimate of drug-likeness (QED) is 0.594. The Bertz CT molecular complexity index is 816. The van der Waals surface area contributed by atoms with E-state index in [-0.39, 0.29) is 11.5 Å². The summed E-state index contributed by atoms with van der Waals surface area (Å²) < 4.78 is 28.9. The van der Waals surface area contributed by atoms with Crippen LogP contribution in [0.2, 0.25) is 0 Å². The van der Waals surface area contributed by atoms with Crippen LogP contribution in [0, 0.1) is 12.3 Å². The van der Waals surface area contributed by atoms with Gasteiger partial charge in [0.1, 0.15) is 11.3 Å². The Kier molecular flexibility index (Phi) is 4.74. The lowest BCUT2D eigenvalue weighted by molar-refractivity contribution is 0.0935. The molecule has 0 spiro atoms. The highest BCUT2D eigenvalue weighted by molar-refractivity contribution is 7.53. The highest BCUT2D eigenvalue weighted by atomic mass is 31.2. The minimum absolute atomic E-state index is 0.150. The standard InChI is InChI=1S/C17H23O5P/c1-11-9-16(18)20-15-10-13(7-8-14(11)15)22-23(6,19)21-12(2)17(3,4)5/h7-10,12H,1-6H3. The van der Waals surface area contributed by atoms with E-state index < -0.39 is 13.2 Å². The first-order valence-corrected chi connectivity index (χ1v) is 9.47. The molecule has 1 aromatic heterocycles. The van der Waals surface area contributed by atoms with Gasteiger partial charge in [-0.2, -0.15) is 0 Å². The topological polar surface area (TPSA) is 65.7 Å². The van der Waals surface area contributed by atoms with Crippen molar-refractivity contribution in [3.05, 3.63) is 40.2 Å². The molecule has 0 fully saturated rings. The third-order valence-electron chi connectivity index (χ3n) is 3.76. The van der Waals surface area contributed by atoms with Crippen LogP contribution in [0.4, 0.5) is 0 Å². The average Bonchev–Trinajstić information content (AvgIpc) is 2.35. The predicted octanol–water partition coefficient (Wildman–Crippen LogP) is 4.75. The summed E-state index contributed by atoms with van der Waals surface area (Å²) in [4.78, 5) is 11.5. The summed E-state index contributed by atoms with van der Waals surface area (Å²) in [5, 5.41) is 0.812. The fraction of sp³-hybridized carbons (Fsp3) is 0.471. The third-order valence-corrected chi connectivity index (χ3v) is 5.00. The van der Waals surface area contributed by atoms with Crippen molar-refractivity contribution in [1.82, 2.24) is 0 Å². The summed E-state index contributed by atoms with van der Waals surface area (Å²) in [5.74, 6) is 0.346. The highest BCUT2D eigenvalue weighted by Gasteiger charge is 2.29. The molecule has 0 amide bonds. The van der Waals surface area contributed by atoms with Gasteiger partial charge in [-0.3, -0.25) is 4.52 Å². The second kappa shape index (κ2) is 6.14. The van der Waals surface area contributed by atoms with Crippen molar-refractivity contribution in [2.45, 2.75) is 40.7 Å². The molecule has 23 heavy (non-hydrogen) atoms. The molecule has 2 unspecified atom stereocenters. The van der Waals surface area contributed by atoms with Gasteiger partial charge in [-0.05, 0) is 37.0 Å². The zero-order valence-corrected chi connectivity index (χ0v) is 15.3. The first-order chi connectivity index (χ1) is 10.5. The summed E-state index contributed by atoms with van der Waals surface area (Å²) in [6, 6.07) is 6.46. The molecule has 6 heteroatoms. The smallest absolute Gasteiger partial charge is 0.376 e. The molecular formula is C17H23O5P. The zero-order chi connectivity index (χ0) is 17.4. The minimum Gasteiger partial charge on any atom is -0.424 e. The van der Waals surface area contributed by atoms with Gasteiger partial charge in [0.2, 0.25) is 0 Å². The van der Waals surface area contributed by atoms with E-state index in [1.807, 2.05) is 34.6 Å². The Balaban J connectivity index is 2.27. The van der Waals surface area contributed by atoms with Crippen molar-refractivity contribution in [3.8, 4) is 5.75 Å². The Hall–Kier alpha value is -1.58. The van der Waals surface area contributed by atoms with E-state index in [1.165, 1.54) is 12.7 Å². The number of rotatable bonds is 4. The van der Waals surface area contributed by atoms with Crippen LogP contribution in [0.15, 0.2) is 33.5 Å². The second-order valence-electron chi connectivity index (χ2n) is 6.88. The lowest BCUT2D eigenvalue weighted by Gasteiger charge is -2.29. The lowest BCUT2D eigenvalue weighted by atomic mass is 9.91. The molecule has 2 rings (SSSR count). The summed E-state index contributed by atoms with van der Waals surface area (Å²) >= 11 is 0. The maximum absolute atomic E-state index is 12.6. The SMILES string of the molecule is Cc1cc(=O)oc2cc(OP(C)(=O)OC(C)C(C)(C)C)ccc12. The van der Waals surface area contributed by atoms with E-state index in [0.29, 0.717) is 11.3 Å². The fourth-order valence-electron chi connectivity index (χ4n) is 2.02. The molecule has 2 aromatic rings. The van der Waals surface area contributed by atoms with E-state index in [4.69, 9.17) is 13.5 Å². The molecular weight excluding hydrogens is 315 g/mol. The Morgan fingerprint density at radius 2 is 1.87 bits per heavy atom. The van der Waals surface area contributed by atoms with Crippen molar-refractivity contribution < 1.29 is 18.0 Å². The summed E-state index contributed by atoms with van der Waals surface area (Å²) in [6.07, 6.45) is -0.237. The predicted molar refractivity (Wildman–Crippen MR) is 91.4 cm³/mol. The van der Waals surface area contributed by atoms with Crippen LogP contribution >= 0.6 is 7.60 Å². The van der Waals surface area contributed by atoms with Crippen molar-refractivity contribution in [1.29, 1.82) is 0 Å². The van der Waals surface area contributed by atoms with Crippen LogP contribution in [0.3, 0.4) is 0 Å². The van der Waals surface area contributed by atoms with Gasteiger partial charge in [-0.25, -0.2) is 9.36 Å². The Morgan fingerprint density at radius 3 is 2.48 bits per heavy atom. The molecule has 0 bridgehead atoms. The van der Waals surface area contributed by atoms with Gasteiger partial charge in [-0.1, -0.05) is 20.8 Å². The van der Waals surface area contributed by atoms with Gasteiger partial charge in [0.15, 0.2) is 0 Å². The van der Waals surface area contributed by atoms with E-state index in [9.17, 15) is 9.36 Å². The normalized spacial score (nSPS) is 16.1. The molecule has 1 heterocycles. The van der Waals surface area contributed by atoms with Crippen LogP contribution in [-0.2, 0) is 9.09 Å². The Labute approximate surface area is 136 Å². The molecule has 0 saturated carbocycles. The maximum Gasteiger partial charge on any atom is 0.376 e. The second-order valence-corrected chi connectivity index (χ2v) is 8.82. The number of fused-ring (bicyclic) bond motifs is 1. The van der Waals surface area contributed by atoms with E-state index in [1.54, 1.807) is 18.2 Å². The molecule has 2 atom stereocenters. The molecule has 0 saturated heterocycles. The van der Waals surface area contributed by atoms with Crippen molar-refractivity contribution in [2.75, 3.05) is 6.66 Å². The minimum atomic E-state index is -3.29. The van der Waals surface area contributed by atoms with Crippen molar-refractivity contribution in [3.63, 3.8) is 0 Å². The molecule has 0 aliphatic carbocycles. The fourth-order valence-corrected chi connectivity index (χ4v) is 3.45. The molecule has 5 nitrogen and oxygen atoms in total. The van der Waals surface area contributed by atoms with E-state index in [0.717, 1.165) is 10.9 Å². The molecule has 0 aliphatic rings. The summed E-state index contributed by atoms with van der Waals surface area (Å²) in [6.45, 7) is 11.1. The summed E-state index contributed by atoms with van der Waals surface area (Å²) in [7, 11) is -3.29. The molecule has 126 valence electrons. The molecule has 0 radical (unpaired) electrons. The van der Waals surface area contributed by atoms with E-state index >= 15 is 0 Å². The zero-order valence-electron chi connectivity index (χ0n) is 14.4. The van der Waals surface area contributed by atoms with Crippen LogP contribution in [-0.4, -0.2) is 12.8 Å².